The second-order valence-corrected chi connectivity index (χ2v) is 5.62. The predicted molar refractivity (Wildman–Crippen MR) is 80.1 cm³/mol. The largest absolute Gasteiger partial charge is 0.316 e. The monoisotopic (exact) mass is 293 g/mol. The molecule has 106 valence electrons. The highest BCUT2D eigenvalue weighted by Crippen LogP contribution is 2.22. The van der Waals surface area contributed by atoms with Gasteiger partial charge in [-0.05, 0) is 43.3 Å². The van der Waals surface area contributed by atoms with E-state index in [1.807, 2.05) is 13.1 Å². The van der Waals surface area contributed by atoms with Gasteiger partial charge in [-0.2, -0.15) is 0 Å². The topological polar surface area (TPSA) is 12.0 Å². The summed E-state index contributed by atoms with van der Waals surface area (Å²) >= 11 is 1.49. The van der Waals surface area contributed by atoms with Gasteiger partial charge >= 0.3 is 0 Å². The number of benzene rings is 2. The second kappa shape index (κ2) is 7.41. The van der Waals surface area contributed by atoms with Gasteiger partial charge in [-0.3, -0.25) is 0 Å². The highest BCUT2D eigenvalue weighted by molar-refractivity contribution is 7.99. The van der Waals surface area contributed by atoms with Gasteiger partial charge in [0.05, 0.1) is 0 Å². The number of nitrogens with one attached hydrogen (secondary N) is 1. The summed E-state index contributed by atoms with van der Waals surface area (Å²) in [4.78, 5) is 0.659. The molecule has 2 rings (SSSR count). The molecule has 1 atom stereocenters. The maximum Gasteiger partial charge on any atom is 0.136 e. The van der Waals surface area contributed by atoms with Gasteiger partial charge < -0.3 is 5.32 Å². The van der Waals surface area contributed by atoms with Crippen molar-refractivity contribution in [1.29, 1.82) is 0 Å². The number of halogens is 2. The minimum absolute atomic E-state index is 0.186. The molecule has 0 bridgehead atoms. The van der Waals surface area contributed by atoms with Gasteiger partial charge in [0.1, 0.15) is 11.6 Å². The lowest BCUT2D eigenvalue weighted by molar-refractivity contribution is 0.597. The summed E-state index contributed by atoms with van der Waals surface area (Å²) in [5.74, 6) is 0.346. The Labute approximate surface area is 122 Å². The van der Waals surface area contributed by atoms with E-state index in [2.05, 4.69) is 5.32 Å². The van der Waals surface area contributed by atoms with Crippen LogP contribution in [0.5, 0.6) is 0 Å². The Morgan fingerprint density at radius 2 is 1.75 bits per heavy atom. The standard InChI is InChI=1S/C16H17F2NS/c1-19-14(10-12-6-8-13(17)9-7-12)11-20-16-5-3-2-4-15(16)18/h2-9,14,19H,10-11H2,1H3. The van der Waals surface area contributed by atoms with Gasteiger partial charge in [-0.1, -0.05) is 24.3 Å². The van der Waals surface area contributed by atoms with E-state index in [1.54, 1.807) is 24.3 Å². The molecule has 0 amide bonds. The molecule has 1 unspecified atom stereocenters. The first kappa shape index (κ1) is 15.0. The Hall–Kier alpha value is -1.39. The minimum Gasteiger partial charge on any atom is -0.316 e. The maximum atomic E-state index is 13.5. The minimum atomic E-state index is -0.226. The molecule has 0 spiro atoms. The summed E-state index contributed by atoms with van der Waals surface area (Å²) in [5, 5.41) is 3.22. The summed E-state index contributed by atoms with van der Waals surface area (Å²) in [6, 6.07) is 13.5. The lowest BCUT2D eigenvalue weighted by atomic mass is 10.1. The molecule has 4 heteroatoms. The normalized spacial score (nSPS) is 12.3. The molecule has 0 saturated carbocycles. The molecule has 0 radical (unpaired) electrons. The van der Waals surface area contributed by atoms with Gasteiger partial charge in [0.15, 0.2) is 0 Å². The van der Waals surface area contributed by atoms with Crippen LogP contribution in [0.15, 0.2) is 53.4 Å². The van der Waals surface area contributed by atoms with Gasteiger partial charge in [0.25, 0.3) is 0 Å². The molecule has 2 aromatic carbocycles. The zero-order chi connectivity index (χ0) is 14.4. The lowest BCUT2D eigenvalue weighted by Crippen LogP contribution is -2.30. The SMILES string of the molecule is CNC(CSc1ccccc1F)Cc1ccc(F)cc1. The van der Waals surface area contributed by atoms with Crippen LogP contribution in [0.2, 0.25) is 0 Å². The molecular weight excluding hydrogens is 276 g/mol. The van der Waals surface area contributed by atoms with Crippen molar-refractivity contribution in [3.63, 3.8) is 0 Å². The number of hydrogen-bond acceptors (Lipinski definition) is 2. The third kappa shape index (κ3) is 4.32. The average Bonchev–Trinajstić information content (AvgIpc) is 2.47. The molecule has 0 aliphatic rings. The molecule has 0 fully saturated rings. The highest BCUT2D eigenvalue weighted by Gasteiger charge is 2.10. The van der Waals surface area contributed by atoms with Crippen molar-refractivity contribution in [3.8, 4) is 0 Å². The van der Waals surface area contributed by atoms with Crippen molar-refractivity contribution in [2.45, 2.75) is 17.4 Å². The molecule has 0 heterocycles. The van der Waals surface area contributed by atoms with Crippen LogP contribution in [0.1, 0.15) is 5.56 Å². The Morgan fingerprint density at radius 1 is 1.05 bits per heavy atom. The quantitative estimate of drug-likeness (QED) is 0.811. The number of rotatable bonds is 6. The van der Waals surface area contributed by atoms with E-state index in [4.69, 9.17) is 0 Å². The fourth-order valence-corrected chi connectivity index (χ4v) is 2.95. The number of hydrogen-bond donors (Lipinski definition) is 1. The molecule has 0 aliphatic carbocycles. The maximum absolute atomic E-state index is 13.5. The summed E-state index contributed by atoms with van der Waals surface area (Å²) < 4.78 is 26.4. The zero-order valence-corrected chi connectivity index (χ0v) is 12.1. The van der Waals surface area contributed by atoms with Crippen LogP contribution in [0.25, 0.3) is 0 Å². The molecule has 2 aromatic rings. The van der Waals surface area contributed by atoms with E-state index in [-0.39, 0.29) is 17.7 Å². The van der Waals surface area contributed by atoms with Crippen molar-refractivity contribution in [1.82, 2.24) is 5.32 Å². The van der Waals surface area contributed by atoms with Crippen molar-refractivity contribution in [2.75, 3.05) is 12.8 Å². The summed E-state index contributed by atoms with van der Waals surface area (Å²) in [7, 11) is 1.89. The Kier molecular flexibility index (Phi) is 5.56. The molecule has 0 aromatic heterocycles. The third-order valence-electron chi connectivity index (χ3n) is 3.08. The van der Waals surface area contributed by atoms with Crippen LogP contribution in [0.3, 0.4) is 0 Å². The number of likely N-dealkylation sites (N-methyl/N-ethyl adjacent to an activating group) is 1. The molecular formula is C16H17F2NS. The predicted octanol–water partition coefficient (Wildman–Crippen LogP) is 3.89. The molecule has 1 nitrogen and oxygen atoms in total. The van der Waals surface area contributed by atoms with E-state index in [9.17, 15) is 8.78 Å². The molecule has 0 saturated heterocycles. The Morgan fingerprint density at radius 3 is 2.40 bits per heavy atom. The molecule has 0 aliphatic heterocycles. The van der Waals surface area contributed by atoms with Gasteiger partial charge in [-0.15, -0.1) is 11.8 Å². The Bertz CT molecular complexity index is 542. The van der Waals surface area contributed by atoms with Crippen LogP contribution >= 0.6 is 11.8 Å². The van der Waals surface area contributed by atoms with Crippen molar-refractivity contribution in [3.05, 3.63) is 65.7 Å². The van der Waals surface area contributed by atoms with Crippen molar-refractivity contribution < 1.29 is 8.78 Å². The third-order valence-corrected chi connectivity index (χ3v) is 4.29. The van der Waals surface area contributed by atoms with Crippen LogP contribution in [-0.2, 0) is 6.42 Å². The van der Waals surface area contributed by atoms with Crippen LogP contribution in [0, 0.1) is 11.6 Å². The smallest absolute Gasteiger partial charge is 0.136 e. The van der Waals surface area contributed by atoms with Crippen LogP contribution < -0.4 is 5.32 Å². The number of thioether (sulfide) groups is 1. The fraction of sp³-hybridized carbons (Fsp3) is 0.250. The molecule has 1 N–H and O–H groups in total. The van der Waals surface area contributed by atoms with E-state index in [1.165, 1.54) is 30.0 Å². The molecule has 20 heavy (non-hydrogen) atoms. The van der Waals surface area contributed by atoms with Gasteiger partial charge in [-0.25, -0.2) is 8.78 Å². The summed E-state index contributed by atoms with van der Waals surface area (Å²) in [5.41, 5.74) is 1.07. The van der Waals surface area contributed by atoms with Gasteiger partial charge in [0, 0.05) is 16.7 Å². The summed E-state index contributed by atoms with van der Waals surface area (Å²) in [6.07, 6.45) is 0.790. The van der Waals surface area contributed by atoms with E-state index in [0.717, 1.165) is 17.7 Å². The van der Waals surface area contributed by atoms with E-state index in [0.29, 0.717) is 4.90 Å². The lowest BCUT2D eigenvalue weighted by Gasteiger charge is -2.16. The van der Waals surface area contributed by atoms with Crippen LogP contribution in [-0.4, -0.2) is 18.8 Å². The second-order valence-electron chi connectivity index (χ2n) is 4.56. The van der Waals surface area contributed by atoms with E-state index < -0.39 is 0 Å². The Balaban J connectivity index is 1.92. The highest BCUT2D eigenvalue weighted by atomic mass is 32.2. The first-order valence-electron chi connectivity index (χ1n) is 6.48. The first-order valence-corrected chi connectivity index (χ1v) is 7.46. The first-order chi connectivity index (χ1) is 9.69. The fourth-order valence-electron chi connectivity index (χ4n) is 1.90. The van der Waals surface area contributed by atoms with Crippen LogP contribution in [0.4, 0.5) is 8.78 Å². The summed E-state index contributed by atoms with van der Waals surface area (Å²) in [6.45, 7) is 0. The van der Waals surface area contributed by atoms with Gasteiger partial charge in [0.2, 0.25) is 0 Å². The van der Waals surface area contributed by atoms with Crippen molar-refractivity contribution in [2.24, 2.45) is 0 Å². The van der Waals surface area contributed by atoms with Crippen molar-refractivity contribution >= 4 is 11.8 Å². The van der Waals surface area contributed by atoms with E-state index >= 15 is 0 Å². The zero-order valence-electron chi connectivity index (χ0n) is 11.3. The average molecular weight is 293 g/mol.